The number of thioether (sulfide) groups is 1. The molecule has 0 saturated heterocycles. The van der Waals surface area contributed by atoms with Crippen LogP contribution in [0.1, 0.15) is 51.1 Å². The third-order valence-corrected chi connectivity index (χ3v) is 5.49. The van der Waals surface area contributed by atoms with Crippen LogP contribution in [0.4, 0.5) is 0 Å². The fraction of sp³-hybridized carbons (Fsp3) is 0.625. The van der Waals surface area contributed by atoms with Crippen LogP contribution in [0.2, 0.25) is 0 Å². The molecule has 2 unspecified atom stereocenters. The number of fused-ring (bicyclic) bond motifs is 1. The van der Waals surface area contributed by atoms with E-state index >= 15 is 0 Å². The van der Waals surface area contributed by atoms with Gasteiger partial charge in [0.15, 0.2) is 0 Å². The molecule has 1 aromatic rings. The first-order chi connectivity index (χ1) is 8.64. The molecule has 1 aliphatic carbocycles. The molecule has 2 atom stereocenters. The van der Waals surface area contributed by atoms with Crippen molar-refractivity contribution < 1.29 is 0 Å². The summed E-state index contributed by atoms with van der Waals surface area (Å²) in [6, 6.07) is 10.2. The summed E-state index contributed by atoms with van der Waals surface area (Å²) >= 11 is 2.01. The predicted molar refractivity (Wildman–Crippen MR) is 79.1 cm³/mol. The number of rotatable bonds is 2. The second-order valence-electron chi connectivity index (χ2n) is 6.50. The van der Waals surface area contributed by atoms with E-state index in [1.807, 2.05) is 11.8 Å². The van der Waals surface area contributed by atoms with Gasteiger partial charge in [-0.3, -0.25) is 0 Å². The van der Waals surface area contributed by atoms with Crippen molar-refractivity contribution in [3.05, 3.63) is 29.8 Å². The summed E-state index contributed by atoms with van der Waals surface area (Å²) < 4.78 is 0. The fourth-order valence-corrected chi connectivity index (χ4v) is 4.50. The van der Waals surface area contributed by atoms with Crippen LogP contribution in [-0.2, 0) is 0 Å². The lowest BCUT2D eigenvalue weighted by molar-refractivity contribution is 0.349. The van der Waals surface area contributed by atoms with Gasteiger partial charge < -0.3 is 5.32 Å². The second-order valence-corrected chi connectivity index (χ2v) is 7.63. The van der Waals surface area contributed by atoms with Gasteiger partial charge in [-0.25, -0.2) is 0 Å². The zero-order chi connectivity index (χ0) is 12.6. The van der Waals surface area contributed by atoms with E-state index in [0.29, 0.717) is 11.5 Å². The van der Waals surface area contributed by atoms with Gasteiger partial charge in [0, 0.05) is 17.0 Å². The van der Waals surface area contributed by atoms with Crippen molar-refractivity contribution in [1.29, 1.82) is 0 Å². The van der Waals surface area contributed by atoms with E-state index in [9.17, 15) is 0 Å². The lowest BCUT2D eigenvalue weighted by atomic mass is 9.91. The molecule has 0 amide bonds. The van der Waals surface area contributed by atoms with Crippen molar-refractivity contribution >= 4 is 11.8 Å². The Bertz CT molecular complexity index is 427. The van der Waals surface area contributed by atoms with Gasteiger partial charge in [0.1, 0.15) is 0 Å². The lowest BCUT2D eigenvalue weighted by Crippen LogP contribution is -2.33. The lowest BCUT2D eigenvalue weighted by Gasteiger charge is -2.29. The molecule has 1 nitrogen and oxygen atoms in total. The third kappa shape index (κ3) is 2.60. The zero-order valence-electron chi connectivity index (χ0n) is 11.4. The summed E-state index contributed by atoms with van der Waals surface area (Å²) in [6.07, 6.45) is 5.32. The second kappa shape index (κ2) is 4.90. The summed E-state index contributed by atoms with van der Waals surface area (Å²) in [4.78, 5) is 1.48. The summed E-state index contributed by atoms with van der Waals surface area (Å²) in [5, 5.41) is 3.92. The maximum Gasteiger partial charge on any atom is 0.0341 e. The molecule has 1 saturated carbocycles. The van der Waals surface area contributed by atoms with Crippen molar-refractivity contribution in [3.8, 4) is 0 Å². The van der Waals surface area contributed by atoms with Crippen molar-refractivity contribution in [2.75, 3.05) is 5.75 Å². The topological polar surface area (TPSA) is 12.0 Å². The number of nitrogens with one attached hydrogen (secondary N) is 1. The first kappa shape index (κ1) is 12.6. The van der Waals surface area contributed by atoms with Gasteiger partial charge in [0.05, 0.1) is 0 Å². The minimum absolute atomic E-state index is 0.542. The number of hydrogen-bond acceptors (Lipinski definition) is 2. The van der Waals surface area contributed by atoms with Crippen LogP contribution in [0.3, 0.4) is 0 Å². The van der Waals surface area contributed by atoms with Crippen molar-refractivity contribution in [3.63, 3.8) is 0 Å². The van der Waals surface area contributed by atoms with E-state index in [4.69, 9.17) is 0 Å². The van der Waals surface area contributed by atoms with Gasteiger partial charge in [0.25, 0.3) is 0 Å². The fourth-order valence-electron chi connectivity index (χ4n) is 3.38. The van der Waals surface area contributed by atoms with Crippen molar-refractivity contribution in [2.45, 2.75) is 56.5 Å². The average molecular weight is 261 g/mol. The van der Waals surface area contributed by atoms with Crippen LogP contribution in [0.25, 0.3) is 0 Å². The van der Waals surface area contributed by atoms with Gasteiger partial charge in [-0.1, -0.05) is 32.0 Å². The Kier molecular flexibility index (Phi) is 3.42. The maximum absolute atomic E-state index is 3.92. The molecule has 1 aromatic carbocycles. The smallest absolute Gasteiger partial charge is 0.0341 e. The molecule has 0 bridgehead atoms. The molecule has 0 radical (unpaired) electrons. The van der Waals surface area contributed by atoms with Crippen molar-refractivity contribution in [2.24, 2.45) is 5.41 Å². The molecule has 3 rings (SSSR count). The van der Waals surface area contributed by atoms with E-state index in [1.165, 1.54) is 41.9 Å². The molecule has 0 spiro atoms. The van der Waals surface area contributed by atoms with Crippen LogP contribution in [0.15, 0.2) is 29.2 Å². The van der Waals surface area contributed by atoms with Crippen LogP contribution in [0.5, 0.6) is 0 Å². The zero-order valence-corrected chi connectivity index (χ0v) is 12.2. The van der Waals surface area contributed by atoms with E-state index in [0.717, 1.165) is 6.04 Å². The van der Waals surface area contributed by atoms with E-state index in [-0.39, 0.29) is 0 Å². The molecule has 1 heterocycles. The molecule has 0 aromatic heterocycles. The number of hydrogen-bond donors (Lipinski definition) is 1. The predicted octanol–water partition coefficient (Wildman–Crippen LogP) is 4.39. The van der Waals surface area contributed by atoms with E-state index in [2.05, 4.69) is 43.4 Å². The molecular weight excluding hydrogens is 238 g/mol. The van der Waals surface area contributed by atoms with Gasteiger partial charge in [-0.15, -0.1) is 11.8 Å². The first-order valence-corrected chi connectivity index (χ1v) is 8.10. The van der Waals surface area contributed by atoms with Crippen LogP contribution in [-0.4, -0.2) is 11.8 Å². The average Bonchev–Trinajstić information content (AvgIpc) is 2.69. The largest absolute Gasteiger partial charge is 0.307 e. The normalized spacial score (nSPS) is 30.1. The molecule has 1 N–H and O–H groups in total. The standard InChI is InChI=1S/C16H23NS/c1-16(2)9-7-12(11-16)17-14-8-10-18-15-6-4-3-5-13(14)15/h3-6,12,14,17H,7-11H2,1-2H3. The Balaban J connectivity index is 1.71. The maximum atomic E-state index is 3.92. The Labute approximate surface area is 115 Å². The quantitative estimate of drug-likeness (QED) is 0.847. The summed E-state index contributed by atoms with van der Waals surface area (Å²) in [5.41, 5.74) is 2.07. The van der Waals surface area contributed by atoms with Gasteiger partial charge >= 0.3 is 0 Å². The molecule has 1 fully saturated rings. The highest BCUT2D eigenvalue weighted by Gasteiger charge is 2.33. The van der Waals surface area contributed by atoms with E-state index < -0.39 is 0 Å². The third-order valence-electron chi connectivity index (χ3n) is 4.36. The summed E-state index contributed by atoms with van der Waals surface area (Å²) in [5.74, 6) is 1.25. The highest BCUT2D eigenvalue weighted by Crippen LogP contribution is 2.40. The van der Waals surface area contributed by atoms with Crippen LogP contribution < -0.4 is 5.32 Å². The Morgan fingerprint density at radius 3 is 2.83 bits per heavy atom. The molecule has 18 heavy (non-hydrogen) atoms. The van der Waals surface area contributed by atoms with Gasteiger partial charge in [0.2, 0.25) is 0 Å². The Hall–Kier alpha value is -0.470. The molecule has 2 heteroatoms. The van der Waals surface area contributed by atoms with Gasteiger partial charge in [-0.2, -0.15) is 0 Å². The van der Waals surface area contributed by atoms with E-state index in [1.54, 1.807) is 0 Å². The SMILES string of the molecule is CC1(C)CCC(NC2CCSc3ccccc32)C1. The highest BCUT2D eigenvalue weighted by atomic mass is 32.2. The molecule has 2 aliphatic rings. The number of benzene rings is 1. The minimum atomic E-state index is 0.542. The minimum Gasteiger partial charge on any atom is -0.307 e. The molecular formula is C16H23NS. The van der Waals surface area contributed by atoms with Gasteiger partial charge in [-0.05, 0) is 48.5 Å². The Morgan fingerprint density at radius 2 is 2.06 bits per heavy atom. The first-order valence-electron chi connectivity index (χ1n) is 7.12. The monoisotopic (exact) mass is 261 g/mol. The van der Waals surface area contributed by atoms with Crippen molar-refractivity contribution in [1.82, 2.24) is 5.32 Å². The van der Waals surface area contributed by atoms with Crippen LogP contribution in [0, 0.1) is 5.41 Å². The summed E-state index contributed by atoms with van der Waals surface area (Å²) in [7, 11) is 0. The Morgan fingerprint density at radius 1 is 1.22 bits per heavy atom. The summed E-state index contributed by atoms with van der Waals surface area (Å²) in [6.45, 7) is 4.80. The highest BCUT2D eigenvalue weighted by molar-refractivity contribution is 7.99. The van der Waals surface area contributed by atoms with Crippen LogP contribution >= 0.6 is 11.8 Å². The molecule has 98 valence electrons. The molecule has 1 aliphatic heterocycles.